The predicted molar refractivity (Wildman–Crippen MR) is 116 cm³/mol. The molecule has 1 aliphatic heterocycles. The maximum atomic E-state index is 14.8. The number of fused-ring (bicyclic) bond motifs is 1. The smallest absolute Gasteiger partial charge is 0.134 e. The molecule has 158 valence electrons. The first-order valence-corrected chi connectivity index (χ1v) is 10.6. The zero-order chi connectivity index (χ0) is 21.5. The fraction of sp³-hybridized carbons (Fsp3) is 0.304. The van der Waals surface area contributed by atoms with Crippen LogP contribution in [0.15, 0.2) is 42.9 Å². The molecule has 1 fully saturated rings. The second kappa shape index (κ2) is 7.98. The summed E-state index contributed by atoms with van der Waals surface area (Å²) in [5, 5.41) is 4.60. The molecule has 5 rings (SSSR count). The van der Waals surface area contributed by atoms with Crippen LogP contribution in [-0.4, -0.2) is 31.3 Å². The van der Waals surface area contributed by atoms with Gasteiger partial charge in [0.25, 0.3) is 0 Å². The van der Waals surface area contributed by atoms with E-state index < -0.39 is 5.82 Å². The number of hydrogen-bond donors (Lipinski definition) is 0. The molecule has 0 aliphatic carbocycles. The van der Waals surface area contributed by atoms with Crippen LogP contribution < -0.4 is 0 Å². The Morgan fingerprint density at radius 3 is 2.84 bits per heavy atom. The lowest BCUT2D eigenvalue weighted by Gasteiger charge is -2.29. The van der Waals surface area contributed by atoms with Crippen molar-refractivity contribution in [2.24, 2.45) is 7.05 Å². The van der Waals surface area contributed by atoms with Crippen molar-refractivity contribution in [3.8, 4) is 11.3 Å². The molecule has 1 aliphatic rings. The van der Waals surface area contributed by atoms with E-state index in [0.717, 1.165) is 29.8 Å². The fourth-order valence-electron chi connectivity index (χ4n) is 4.12. The molecule has 3 aromatic heterocycles. The molecule has 4 heterocycles. The van der Waals surface area contributed by atoms with E-state index in [1.165, 1.54) is 6.07 Å². The fourth-order valence-corrected chi connectivity index (χ4v) is 4.27. The lowest BCUT2D eigenvalue weighted by molar-refractivity contribution is 0.00464. The van der Waals surface area contributed by atoms with Gasteiger partial charge in [-0.25, -0.2) is 14.4 Å². The number of rotatable bonds is 3. The molecule has 1 aromatic carbocycles. The maximum absolute atomic E-state index is 14.8. The Hall–Kier alpha value is -2.90. The Morgan fingerprint density at radius 1 is 1.19 bits per heavy atom. The van der Waals surface area contributed by atoms with Gasteiger partial charge in [0.2, 0.25) is 0 Å². The molecule has 0 N–H and O–H groups in total. The second-order valence-corrected chi connectivity index (χ2v) is 8.36. The zero-order valence-corrected chi connectivity index (χ0v) is 18.0. The molecule has 0 amide bonds. The summed E-state index contributed by atoms with van der Waals surface area (Å²) >= 11 is 5.96. The van der Waals surface area contributed by atoms with Crippen LogP contribution in [0.3, 0.4) is 0 Å². The van der Waals surface area contributed by atoms with E-state index >= 15 is 0 Å². The molecule has 0 radical (unpaired) electrons. The lowest BCUT2D eigenvalue weighted by atomic mass is 9.89. The molecule has 0 unspecified atom stereocenters. The Labute approximate surface area is 184 Å². The third kappa shape index (κ3) is 3.91. The van der Waals surface area contributed by atoms with Crippen LogP contribution in [0.25, 0.3) is 22.3 Å². The average molecular weight is 438 g/mol. The van der Waals surface area contributed by atoms with E-state index in [1.807, 2.05) is 32.4 Å². The number of pyridine rings is 1. The minimum Gasteiger partial charge on any atom is -0.373 e. The normalized spacial score (nSPS) is 19.1. The van der Waals surface area contributed by atoms with Gasteiger partial charge >= 0.3 is 0 Å². The minimum absolute atomic E-state index is 0.0516. The van der Waals surface area contributed by atoms with Gasteiger partial charge in [0.15, 0.2) is 0 Å². The van der Waals surface area contributed by atoms with Crippen molar-refractivity contribution in [2.45, 2.75) is 31.8 Å². The summed E-state index contributed by atoms with van der Waals surface area (Å²) in [6.07, 6.45) is 7.04. The highest BCUT2D eigenvalue weighted by molar-refractivity contribution is 6.30. The standard InChI is InChI=1S/C23H21ClFN5O/c1-13-10-26-23-20(28-13)9-19(29-22(23)17-4-3-16(24)8-18(17)25)14-5-6-31-21(7-14)15-11-27-30(2)12-15/h3-4,8-12,14,21H,5-7H2,1-2H3/t14-,21+/m0/s1. The molecular formula is C23H21ClFN5O. The first-order chi connectivity index (χ1) is 15.0. The summed E-state index contributed by atoms with van der Waals surface area (Å²) < 4.78 is 22.6. The van der Waals surface area contributed by atoms with Crippen LogP contribution in [0.4, 0.5) is 4.39 Å². The topological polar surface area (TPSA) is 65.7 Å². The highest BCUT2D eigenvalue weighted by Crippen LogP contribution is 2.39. The second-order valence-electron chi connectivity index (χ2n) is 7.93. The van der Waals surface area contributed by atoms with Crippen molar-refractivity contribution in [3.63, 3.8) is 0 Å². The van der Waals surface area contributed by atoms with Crippen molar-refractivity contribution in [3.05, 3.63) is 70.6 Å². The van der Waals surface area contributed by atoms with Crippen molar-refractivity contribution in [1.29, 1.82) is 0 Å². The van der Waals surface area contributed by atoms with Crippen molar-refractivity contribution < 1.29 is 9.13 Å². The van der Waals surface area contributed by atoms with Crippen LogP contribution in [0.2, 0.25) is 5.02 Å². The summed E-state index contributed by atoms with van der Waals surface area (Å²) in [5.41, 5.74) is 4.85. The van der Waals surface area contributed by atoms with Crippen molar-refractivity contribution >= 4 is 22.6 Å². The van der Waals surface area contributed by atoms with Gasteiger partial charge in [-0.3, -0.25) is 9.67 Å². The molecule has 0 spiro atoms. The number of benzene rings is 1. The van der Waals surface area contributed by atoms with E-state index in [4.69, 9.17) is 21.3 Å². The summed E-state index contributed by atoms with van der Waals surface area (Å²) in [4.78, 5) is 14.0. The number of aryl methyl sites for hydroxylation is 2. The SMILES string of the molecule is Cc1cnc2c(-c3ccc(Cl)cc3F)nc([C@H]3CCO[C@@H](c4cnn(C)c4)C3)cc2n1. The number of halogens is 2. The van der Waals surface area contributed by atoms with E-state index in [0.29, 0.717) is 33.9 Å². The van der Waals surface area contributed by atoms with E-state index in [-0.39, 0.29) is 12.0 Å². The molecule has 1 saturated heterocycles. The largest absolute Gasteiger partial charge is 0.373 e. The third-order valence-electron chi connectivity index (χ3n) is 5.65. The molecule has 8 heteroatoms. The van der Waals surface area contributed by atoms with E-state index in [2.05, 4.69) is 15.1 Å². The average Bonchev–Trinajstić information content (AvgIpc) is 3.19. The van der Waals surface area contributed by atoms with Gasteiger partial charge in [-0.05, 0) is 44.0 Å². The Morgan fingerprint density at radius 2 is 2.06 bits per heavy atom. The van der Waals surface area contributed by atoms with Gasteiger partial charge < -0.3 is 4.74 Å². The van der Waals surface area contributed by atoms with Crippen LogP contribution in [0.5, 0.6) is 0 Å². The van der Waals surface area contributed by atoms with Crippen LogP contribution >= 0.6 is 11.6 Å². The molecular weight excluding hydrogens is 417 g/mol. The molecule has 0 saturated carbocycles. The number of nitrogens with zero attached hydrogens (tertiary/aromatic N) is 5. The van der Waals surface area contributed by atoms with Crippen LogP contribution in [-0.2, 0) is 11.8 Å². The lowest BCUT2D eigenvalue weighted by Crippen LogP contribution is -2.19. The minimum atomic E-state index is -0.430. The van der Waals surface area contributed by atoms with Gasteiger partial charge in [0.05, 0.1) is 23.5 Å². The molecule has 0 bridgehead atoms. The monoisotopic (exact) mass is 437 g/mol. The quantitative estimate of drug-likeness (QED) is 0.443. The predicted octanol–water partition coefficient (Wildman–Crippen LogP) is 5.16. The van der Waals surface area contributed by atoms with Gasteiger partial charge in [0.1, 0.15) is 17.0 Å². The van der Waals surface area contributed by atoms with Gasteiger partial charge in [-0.1, -0.05) is 11.6 Å². The first kappa shape index (κ1) is 20.0. The molecule has 31 heavy (non-hydrogen) atoms. The highest BCUT2D eigenvalue weighted by atomic mass is 35.5. The summed E-state index contributed by atoms with van der Waals surface area (Å²) in [6, 6.07) is 6.58. The number of ether oxygens (including phenoxy) is 1. The van der Waals surface area contributed by atoms with E-state index in [9.17, 15) is 4.39 Å². The number of aromatic nitrogens is 5. The Balaban J connectivity index is 1.60. The van der Waals surface area contributed by atoms with Crippen LogP contribution in [0, 0.1) is 12.7 Å². The van der Waals surface area contributed by atoms with Gasteiger partial charge in [0, 0.05) is 53.8 Å². The summed E-state index contributed by atoms with van der Waals surface area (Å²) in [7, 11) is 1.89. The summed E-state index contributed by atoms with van der Waals surface area (Å²) in [6.45, 7) is 2.51. The number of hydrogen-bond acceptors (Lipinski definition) is 5. The van der Waals surface area contributed by atoms with Crippen molar-refractivity contribution in [1.82, 2.24) is 24.7 Å². The third-order valence-corrected chi connectivity index (χ3v) is 5.89. The first-order valence-electron chi connectivity index (χ1n) is 10.2. The van der Waals surface area contributed by atoms with E-state index in [1.54, 1.807) is 23.0 Å². The highest BCUT2D eigenvalue weighted by Gasteiger charge is 2.28. The van der Waals surface area contributed by atoms with Crippen LogP contribution in [0.1, 0.15) is 41.8 Å². The maximum Gasteiger partial charge on any atom is 0.134 e. The molecule has 2 atom stereocenters. The molecule has 4 aromatic rings. The Kier molecular flexibility index (Phi) is 5.16. The van der Waals surface area contributed by atoms with Gasteiger partial charge in [-0.2, -0.15) is 5.10 Å². The summed E-state index contributed by atoms with van der Waals surface area (Å²) in [5.74, 6) is -0.277. The van der Waals surface area contributed by atoms with Gasteiger partial charge in [-0.15, -0.1) is 0 Å². The Bertz CT molecular complexity index is 1270. The van der Waals surface area contributed by atoms with Crippen molar-refractivity contribution in [2.75, 3.05) is 6.61 Å². The molecule has 6 nitrogen and oxygen atoms in total. The zero-order valence-electron chi connectivity index (χ0n) is 17.2.